The summed E-state index contributed by atoms with van der Waals surface area (Å²) in [5.74, 6) is 0.300. The monoisotopic (exact) mass is 690 g/mol. The standard InChI is InChI=1S/C26H30BrIN2O3.CF2O/c1-17(2)30-22(15-25(32)29-7-9-33-10-8-29)13-21-12-20(14-23(27)26(21)30)24(31)11-18-3-5-19(16-28)6-4-18;2-1(3)4/h3-6,12,14,17,22H,7-11,13,15-16H2,1-2H3;. The number of nitrogens with zero attached hydrogens (tertiary/aromatic N) is 2. The molecule has 2 aliphatic heterocycles. The Hall–Kier alpha value is -1.92. The van der Waals surface area contributed by atoms with Crippen LogP contribution in [0.15, 0.2) is 40.9 Å². The van der Waals surface area contributed by atoms with Gasteiger partial charge in [-0.1, -0.05) is 46.9 Å². The van der Waals surface area contributed by atoms with Crippen LogP contribution in [0.3, 0.4) is 0 Å². The maximum atomic E-state index is 13.1. The van der Waals surface area contributed by atoms with Gasteiger partial charge in [0.2, 0.25) is 5.91 Å². The molecule has 1 amide bonds. The van der Waals surface area contributed by atoms with Crippen LogP contribution in [0.2, 0.25) is 0 Å². The summed E-state index contributed by atoms with van der Waals surface area (Å²) in [7, 11) is 0. The number of hydrogen-bond donors (Lipinski definition) is 0. The number of amides is 1. The van der Waals surface area contributed by atoms with E-state index in [4.69, 9.17) is 9.53 Å². The lowest BCUT2D eigenvalue weighted by molar-refractivity contribution is -0.135. The molecule has 0 N–H and O–H groups in total. The van der Waals surface area contributed by atoms with Gasteiger partial charge in [-0.3, -0.25) is 9.59 Å². The summed E-state index contributed by atoms with van der Waals surface area (Å²) in [5, 5.41) is 0. The van der Waals surface area contributed by atoms with E-state index in [-0.39, 0.29) is 23.8 Å². The molecule has 0 spiro atoms. The Labute approximate surface area is 238 Å². The fourth-order valence-corrected chi connectivity index (χ4v) is 6.04. The summed E-state index contributed by atoms with van der Waals surface area (Å²) in [5.41, 5.74) is 5.28. The molecule has 2 aromatic carbocycles. The van der Waals surface area contributed by atoms with E-state index in [0.717, 1.165) is 37.7 Å². The number of ketones is 1. The van der Waals surface area contributed by atoms with E-state index in [9.17, 15) is 18.4 Å². The molecule has 200 valence electrons. The molecule has 1 unspecified atom stereocenters. The Balaban J connectivity index is 0.000000886. The van der Waals surface area contributed by atoms with E-state index >= 15 is 0 Å². The number of benzene rings is 2. The number of rotatable bonds is 7. The summed E-state index contributed by atoms with van der Waals surface area (Å²) < 4.78 is 26.7. The molecule has 0 bridgehead atoms. The van der Waals surface area contributed by atoms with Crippen LogP contribution >= 0.6 is 38.5 Å². The molecular formula is C27H30BrF2IN2O4. The minimum atomic E-state index is -2.83. The van der Waals surface area contributed by atoms with Crippen LogP contribution in [-0.2, 0) is 26.8 Å². The van der Waals surface area contributed by atoms with Crippen molar-refractivity contribution in [2.75, 3.05) is 31.2 Å². The first-order chi connectivity index (χ1) is 17.6. The number of carbonyl (C=O) groups is 3. The van der Waals surface area contributed by atoms with E-state index in [2.05, 4.69) is 69.4 Å². The van der Waals surface area contributed by atoms with E-state index in [1.54, 1.807) is 0 Å². The maximum absolute atomic E-state index is 13.1. The molecule has 0 aromatic heterocycles. The number of anilines is 1. The highest BCUT2D eigenvalue weighted by molar-refractivity contribution is 14.1. The first-order valence-corrected chi connectivity index (χ1v) is 14.4. The lowest BCUT2D eigenvalue weighted by Crippen LogP contribution is -2.45. The molecule has 0 radical (unpaired) electrons. The Bertz CT molecular complexity index is 1120. The lowest BCUT2D eigenvalue weighted by atomic mass is 9.99. The number of fused-ring (bicyclic) bond motifs is 1. The van der Waals surface area contributed by atoms with Gasteiger partial charge < -0.3 is 14.5 Å². The molecule has 2 aromatic rings. The van der Waals surface area contributed by atoms with Crippen LogP contribution in [0.5, 0.6) is 0 Å². The molecular weight excluding hydrogens is 661 g/mol. The third-order valence-corrected chi connectivity index (χ3v) is 7.93. The smallest absolute Gasteiger partial charge is 0.378 e. The van der Waals surface area contributed by atoms with Gasteiger partial charge in [0.25, 0.3) is 0 Å². The number of ether oxygens (including phenoxy) is 1. The molecule has 0 aliphatic carbocycles. The first kappa shape index (κ1) is 29.6. The van der Waals surface area contributed by atoms with Crippen LogP contribution < -0.4 is 4.90 Å². The third-order valence-electron chi connectivity index (χ3n) is 6.44. The molecule has 1 saturated heterocycles. The average Bonchev–Trinajstić information content (AvgIpc) is 3.23. The largest absolute Gasteiger partial charge is 0.483 e. The zero-order valence-corrected chi connectivity index (χ0v) is 24.6. The summed E-state index contributed by atoms with van der Waals surface area (Å²) in [4.78, 5) is 38.4. The number of morpholine rings is 1. The van der Waals surface area contributed by atoms with Crippen molar-refractivity contribution < 1.29 is 27.9 Å². The van der Waals surface area contributed by atoms with Crippen LogP contribution in [0, 0.1) is 0 Å². The van der Waals surface area contributed by atoms with Gasteiger partial charge in [0, 0.05) is 52.5 Å². The lowest BCUT2D eigenvalue weighted by Gasteiger charge is -2.34. The fourth-order valence-electron chi connectivity index (χ4n) is 4.82. The zero-order chi connectivity index (χ0) is 27.1. The Morgan fingerprint density at radius 1 is 1.08 bits per heavy atom. The maximum Gasteiger partial charge on any atom is 0.483 e. The molecule has 1 fully saturated rings. The van der Waals surface area contributed by atoms with Crippen molar-refractivity contribution in [2.45, 2.75) is 49.6 Å². The number of carbonyl (C=O) groups excluding carboxylic acids is 3. The number of halogens is 4. The van der Waals surface area contributed by atoms with E-state index in [1.807, 2.05) is 29.2 Å². The predicted octanol–water partition coefficient (Wildman–Crippen LogP) is 6.24. The van der Waals surface area contributed by atoms with Gasteiger partial charge in [0.05, 0.1) is 18.9 Å². The van der Waals surface area contributed by atoms with Crippen LogP contribution in [0.4, 0.5) is 19.3 Å². The summed E-state index contributed by atoms with van der Waals surface area (Å²) >= 11 is 6.09. The van der Waals surface area contributed by atoms with Crippen LogP contribution in [-0.4, -0.2) is 61.3 Å². The Morgan fingerprint density at radius 2 is 1.68 bits per heavy atom. The van der Waals surface area contributed by atoms with Crippen molar-refractivity contribution in [1.29, 1.82) is 0 Å². The highest BCUT2D eigenvalue weighted by Gasteiger charge is 2.36. The van der Waals surface area contributed by atoms with Crippen molar-refractivity contribution in [3.05, 3.63) is 63.1 Å². The van der Waals surface area contributed by atoms with Gasteiger partial charge in [-0.25, -0.2) is 4.79 Å². The second-order valence-electron chi connectivity index (χ2n) is 9.30. The Kier molecular flexibility index (Phi) is 11.0. The topological polar surface area (TPSA) is 66.9 Å². The van der Waals surface area contributed by atoms with Crippen molar-refractivity contribution in [3.8, 4) is 0 Å². The van der Waals surface area contributed by atoms with E-state index in [1.165, 1.54) is 5.56 Å². The molecule has 37 heavy (non-hydrogen) atoms. The van der Waals surface area contributed by atoms with Gasteiger partial charge in [-0.2, -0.15) is 0 Å². The number of alkyl halides is 1. The van der Waals surface area contributed by atoms with Gasteiger partial charge >= 0.3 is 6.29 Å². The molecule has 4 rings (SSSR count). The molecule has 1 atom stereocenters. The summed E-state index contributed by atoms with van der Waals surface area (Å²) in [6.45, 7) is 6.88. The van der Waals surface area contributed by atoms with Crippen LogP contribution in [0.1, 0.15) is 47.3 Å². The van der Waals surface area contributed by atoms with Gasteiger partial charge in [-0.05, 0) is 65.0 Å². The normalized spacial score (nSPS) is 16.8. The fraction of sp³-hybridized carbons (Fsp3) is 0.444. The SMILES string of the molecule is CC(C)N1c2c(Br)cc(C(=O)Cc3ccc(CI)cc3)cc2CC1CC(=O)N1CCOCC1.O=C(F)F. The minimum Gasteiger partial charge on any atom is -0.378 e. The van der Waals surface area contributed by atoms with E-state index < -0.39 is 6.29 Å². The summed E-state index contributed by atoms with van der Waals surface area (Å²) in [6.07, 6.45) is -1.20. The molecule has 2 heterocycles. The zero-order valence-electron chi connectivity index (χ0n) is 20.8. The second-order valence-corrected chi connectivity index (χ2v) is 10.9. The summed E-state index contributed by atoms with van der Waals surface area (Å²) in [6, 6.07) is 12.6. The van der Waals surface area contributed by atoms with Crippen molar-refractivity contribution in [3.63, 3.8) is 0 Å². The molecule has 10 heteroatoms. The van der Waals surface area contributed by atoms with Gasteiger partial charge in [0.15, 0.2) is 5.78 Å². The first-order valence-electron chi connectivity index (χ1n) is 12.1. The highest BCUT2D eigenvalue weighted by Crippen LogP contribution is 2.42. The predicted molar refractivity (Wildman–Crippen MR) is 151 cm³/mol. The molecule has 6 nitrogen and oxygen atoms in total. The minimum absolute atomic E-state index is 0.0952. The van der Waals surface area contributed by atoms with Gasteiger partial charge in [-0.15, -0.1) is 8.78 Å². The number of hydrogen-bond acceptors (Lipinski definition) is 5. The van der Waals surface area contributed by atoms with Crippen molar-refractivity contribution in [2.24, 2.45) is 0 Å². The average molecular weight is 691 g/mol. The third kappa shape index (κ3) is 8.03. The van der Waals surface area contributed by atoms with Crippen molar-refractivity contribution >= 4 is 62.2 Å². The van der Waals surface area contributed by atoms with Gasteiger partial charge in [0.1, 0.15) is 0 Å². The Morgan fingerprint density at radius 3 is 2.24 bits per heavy atom. The number of Topliss-reactive ketones (excluding diaryl/α,β-unsaturated/α-hetero) is 1. The quantitative estimate of drug-likeness (QED) is 0.149. The molecule has 0 saturated carbocycles. The van der Waals surface area contributed by atoms with E-state index in [0.29, 0.717) is 39.1 Å². The van der Waals surface area contributed by atoms with Crippen LogP contribution in [0.25, 0.3) is 0 Å². The van der Waals surface area contributed by atoms with Crippen molar-refractivity contribution in [1.82, 2.24) is 4.90 Å². The second kappa shape index (κ2) is 13.7. The molecule has 2 aliphatic rings. The highest BCUT2D eigenvalue weighted by atomic mass is 127.